The van der Waals surface area contributed by atoms with Crippen molar-refractivity contribution in [2.24, 2.45) is 0 Å². The number of likely N-dealkylation sites (tertiary alicyclic amines) is 1. The number of methoxy groups -OCH3 is 1. The van der Waals surface area contributed by atoms with Gasteiger partial charge in [0.25, 0.3) is 0 Å². The first-order chi connectivity index (χ1) is 7.79. The van der Waals surface area contributed by atoms with Crippen LogP contribution in [0.1, 0.15) is 25.3 Å². The Bertz CT molecular complexity index is 314. The molecule has 88 valence electrons. The molecule has 0 amide bonds. The molecular weight excluding hydrogens is 198 g/mol. The van der Waals surface area contributed by atoms with Crippen molar-refractivity contribution in [1.82, 2.24) is 4.90 Å². The average molecular weight is 219 g/mol. The van der Waals surface area contributed by atoms with E-state index in [9.17, 15) is 0 Å². The maximum Gasteiger partial charge on any atom is 0.118 e. The minimum Gasteiger partial charge on any atom is -0.497 e. The first kappa shape index (κ1) is 11.5. The molecule has 16 heavy (non-hydrogen) atoms. The Morgan fingerprint density at radius 2 is 1.81 bits per heavy atom. The van der Waals surface area contributed by atoms with E-state index in [0.717, 1.165) is 12.2 Å². The monoisotopic (exact) mass is 219 g/mol. The number of ether oxygens (including phenoxy) is 1. The quantitative estimate of drug-likeness (QED) is 0.772. The molecule has 2 rings (SSSR count). The summed E-state index contributed by atoms with van der Waals surface area (Å²) in [4.78, 5) is 2.59. The molecule has 1 heterocycles. The van der Waals surface area contributed by atoms with Crippen molar-refractivity contribution in [2.75, 3.05) is 20.2 Å². The molecule has 1 saturated heterocycles. The lowest BCUT2D eigenvalue weighted by molar-refractivity contribution is 0.257. The second kappa shape index (κ2) is 5.35. The molecule has 1 aromatic carbocycles. The molecule has 1 aliphatic heterocycles. The highest BCUT2D eigenvalue weighted by Gasteiger charge is 2.17. The van der Waals surface area contributed by atoms with Crippen LogP contribution in [0.15, 0.2) is 24.3 Å². The zero-order valence-corrected chi connectivity index (χ0v) is 10.3. The van der Waals surface area contributed by atoms with Crippen LogP contribution in [0.5, 0.6) is 5.75 Å². The van der Waals surface area contributed by atoms with Crippen LogP contribution in [-0.4, -0.2) is 31.1 Å². The lowest BCUT2D eigenvalue weighted by Crippen LogP contribution is -2.31. The first-order valence-corrected chi connectivity index (χ1v) is 6.16. The van der Waals surface area contributed by atoms with Gasteiger partial charge in [-0.3, -0.25) is 0 Å². The SMILES string of the molecule is COc1ccc(C[C@@H](C)N2CCCC2)cc1. The van der Waals surface area contributed by atoms with E-state index in [2.05, 4.69) is 24.0 Å². The smallest absolute Gasteiger partial charge is 0.118 e. The van der Waals surface area contributed by atoms with Gasteiger partial charge in [-0.1, -0.05) is 12.1 Å². The Balaban J connectivity index is 1.92. The highest BCUT2D eigenvalue weighted by atomic mass is 16.5. The highest BCUT2D eigenvalue weighted by Crippen LogP contribution is 2.17. The van der Waals surface area contributed by atoms with Gasteiger partial charge in [-0.25, -0.2) is 0 Å². The van der Waals surface area contributed by atoms with Gasteiger partial charge in [-0.2, -0.15) is 0 Å². The topological polar surface area (TPSA) is 12.5 Å². The number of nitrogens with zero attached hydrogens (tertiary/aromatic N) is 1. The van der Waals surface area contributed by atoms with Gasteiger partial charge in [0.2, 0.25) is 0 Å². The predicted octanol–water partition coefficient (Wildman–Crippen LogP) is 2.72. The van der Waals surface area contributed by atoms with Crippen LogP contribution in [0.25, 0.3) is 0 Å². The molecule has 0 bridgehead atoms. The molecule has 1 aromatic rings. The Labute approximate surface area is 98.2 Å². The van der Waals surface area contributed by atoms with Crippen molar-refractivity contribution in [3.63, 3.8) is 0 Å². The lowest BCUT2D eigenvalue weighted by Gasteiger charge is -2.23. The molecule has 1 atom stereocenters. The Kier molecular flexibility index (Phi) is 3.83. The van der Waals surface area contributed by atoms with Gasteiger partial charge in [0, 0.05) is 6.04 Å². The summed E-state index contributed by atoms with van der Waals surface area (Å²) in [6, 6.07) is 9.10. The van der Waals surface area contributed by atoms with Crippen LogP contribution in [0.3, 0.4) is 0 Å². The van der Waals surface area contributed by atoms with Crippen molar-refractivity contribution in [3.05, 3.63) is 29.8 Å². The van der Waals surface area contributed by atoms with E-state index in [-0.39, 0.29) is 0 Å². The van der Waals surface area contributed by atoms with Crippen molar-refractivity contribution < 1.29 is 4.74 Å². The van der Waals surface area contributed by atoms with Gasteiger partial charge in [-0.15, -0.1) is 0 Å². The Hall–Kier alpha value is -1.02. The summed E-state index contributed by atoms with van der Waals surface area (Å²) in [5, 5.41) is 0. The van der Waals surface area contributed by atoms with Crippen LogP contribution in [0.4, 0.5) is 0 Å². The van der Waals surface area contributed by atoms with Gasteiger partial charge in [0.15, 0.2) is 0 Å². The van der Waals surface area contributed by atoms with Crippen LogP contribution >= 0.6 is 0 Å². The molecular formula is C14H21NO. The molecule has 0 radical (unpaired) electrons. The number of benzene rings is 1. The fraction of sp³-hybridized carbons (Fsp3) is 0.571. The summed E-state index contributed by atoms with van der Waals surface area (Å²) in [5.74, 6) is 0.942. The van der Waals surface area contributed by atoms with Gasteiger partial charge in [0.1, 0.15) is 5.75 Å². The Morgan fingerprint density at radius 3 is 2.38 bits per heavy atom. The van der Waals surface area contributed by atoms with Crippen molar-refractivity contribution in [1.29, 1.82) is 0 Å². The van der Waals surface area contributed by atoms with Gasteiger partial charge < -0.3 is 9.64 Å². The largest absolute Gasteiger partial charge is 0.497 e. The normalized spacial score (nSPS) is 18.6. The third-order valence-electron chi connectivity index (χ3n) is 3.45. The van der Waals surface area contributed by atoms with Gasteiger partial charge >= 0.3 is 0 Å². The fourth-order valence-electron chi connectivity index (χ4n) is 2.41. The number of hydrogen-bond donors (Lipinski definition) is 0. The number of hydrogen-bond acceptors (Lipinski definition) is 2. The van der Waals surface area contributed by atoms with E-state index in [1.165, 1.54) is 31.5 Å². The molecule has 0 N–H and O–H groups in total. The van der Waals surface area contributed by atoms with E-state index < -0.39 is 0 Å². The van der Waals surface area contributed by atoms with Crippen molar-refractivity contribution in [2.45, 2.75) is 32.2 Å². The summed E-state index contributed by atoms with van der Waals surface area (Å²) in [6.45, 7) is 4.88. The molecule has 0 aromatic heterocycles. The molecule has 1 aliphatic rings. The van der Waals surface area contributed by atoms with Gasteiger partial charge in [0.05, 0.1) is 7.11 Å². The number of rotatable bonds is 4. The highest BCUT2D eigenvalue weighted by molar-refractivity contribution is 5.27. The summed E-state index contributed by atoms with van der Waals surface area (Å²) in [5.41, 5.74) is 1.40. The second-order valence-corrected chi connectivity index (χ2v) is 4.64. The van der Waals surface area contributed by atoms with E-state index in [1.807, 2.05) is 12.1 Å². The average Bonchev–Trinajstić information content (AvgIpc) is 2.83. The standard InChI is InChI=1S/C14H21NO/c1-12(15-9-3-4-10-15)11-13-5-7-14(16-2)8-6-13/h5-8,12H,3-4,9-11H2,1-2H3/t12-/m1/s1. The maximum absolute atomic E-state index is 5.16. The van der Waals surface area contributed by atoms with Crippen molar-refractivity contribution >= 4 is 0 Å². The van der Waals surface area contributed by atoms with Gasteiger partial charge in [-0.05, 0) is 57.0 Å². The second-order valence-electron chi connectivity index (χ2n) is 4.64. The molecule has 1 fully saturated rings. The minimum atomic E-state index is 0.663. The lowest BCUT2D eigenvalue weighted by atomic mass is 10.1. The van der Waals surface area contributed by atoms with E-state index in [4.69, 9.17) is 4.74 Å². The maximum atomic E-state index is 5.16. The molecule has 0 saturated carbocycles. The third-order valence-corrected chi connectivity index (χ3v) is 3.45. The molecule has 2 heteroatoms. The first-order valence-electron chi connectivity index (χ1n) is 6.16. The van der Waals surface area contributed by atoms with Crippen molar-refractivity contribution in [3.8, 4) is 5.75 Å². The van der Waals surface area contributed by atoms with Crippen LogP contribution in [-0.2, 0) is 6.42 Å². The molecule has 0 spiro atoms. The van der Waals surface area contributed by atoms with E-state index >= 15 is 0 Å². The molecule has 2 nitrogen and oxygen atoms in total. The van der Waals surface area contributed by atoms with E-state index in [0.29, 0.717) is 6.04 Å². The zero-order chi connectivity index (χ0) is 11.4. The third kappa shape index (κ3) is 2.76. The fourth-order valence-corrected chi connectivity index (χ4v) is 2.41. The summed E-state index contributed by atoms with van der Waals surface area (Å²) >= 11 is 0. The summed E-state index contributed by atoms with van der Waals surface area (Å²) in [6.07, 6.45) is 3.88. The van der Waals surface area contributed by atoms with Crippen LogP contribution in [0.2, 0.25) is 0 Å². The van der Waals surface area contributed by atoms with Crippen LogP contribution < -0.4 is 4.74 Å². The molecule has 0 aliphatic carbocycles. The minimum absolute atomic E-state index is 0.663. The summed E-state index contributed by atoms with van der Waals surface area (Å²) in [7, 11) is 1.71. The molecule has 0 unspecified atom stereocenters. The Morgan fingerprint density at radius 1 is 1.19 bits per heavy atom. The summed E-state index contributed by atoms with van der Waals surface area (Å²) < 4.78 is 5.16. The predicted molar refractivity (Wildman–Crippen MR) is 67.0 cm³/mol. The zero-order valence-electron chi connectivity index (χ0n) is 10.3. The van der Waals surface area contributed by atoms with E-state index in [1.54, 1.807) is 7.11 Å². The van der Waals surface area contributed by atoms with Crippen LogP contribution in [0, 0.1) is 0 Å².